The fraction of sp³-hybridized carbons (Fsp3) is 0.600. The highest BCUT2D eigenvalue weighted by molar-refractivity contribution is 5.14. The highest BCUT2D eigenvalue weighted by Crippen LogP contribution is 2.15. The number of nitrogens with zero attached hydrogens (tertiary/aromatic N) is 4. The number of rotatable bonds is 0. The molecule has 1 aliphatic rings. The summed E-state index contributed by atoms with van der Waals surface area (Å²) in [7, 11) is 0. The maximum Gasteiger partial charge on any atom is 0.0856 e. The van der Waals surface area contributed by atoms with Crippen molar-refractivity contribution in [2.24, 2.45) is 0 Å². The van der Waals surface area contributed by atoms with E-state index in [0.29, 0.717) is 0 Å². The van der Waals surface area contributed by atoms with E-state index in [4.69, 9.17) is 0 Å². The van der Waals surface area contributed by atoms with Crippen LogP contribution in [-0.4, -0.2) is 30.8 Å². The van der Waals surface area contributed by atoms with Crippen molar-refractivity contribution in [3.63, 3.8) is 0 Å². The zero-order chi connectivity index (χ0) is 10.8. The van der Waals surface area contributed by atoms with E-state index in [-0.39, 0.29) is 0 Å². The molecule has 0 fully saturated rings. The molecule has 2 aromatic heterocycles. The van der Waals surface area contributed by atoms with E-state index in [1.165, 1.54) is 11.4 Å². The zero-order valence-corrected chi connectivity index (χ0v) is 9.03. The molecule has 6 heteroatoms. The van der Waals surface area contributed by atoms with Gasteiger partial charge in [0.25, 0.3) is 0 Å². The minimum Gasteiger partial charge on any atom is -0.262 e. The minimum absolute atomic E-state index is 0.976. The molecule has 1 aliphatic carbocycles. The summed E-state index contributed by atoms with van der Waals surface area (Å²) in [5, 5.41) is 22.0. The molecule has 0 saturated carbocycles. The summed E-state index contributed by atoms with van der Waals surface area (Å²) in [6.45, 7) is 0. The van der Waals surface area contributed by atoms with Crippen LogP contribution in [0.1, 0.15) is 35.6 Å². The van der Waals surface area contributed by atoms with Gasteiger partial charge in [-0.25, -0.2) is 0 Å². The van der Waals surface area contributed by atoms with Crippen molar-refractivity contribution in [2.75, 3.05) is 0 Å². The molecule has 2 N–H and O–H groups in total. The van der Waals surface area contributed by atoms with Crippen molar-refractivity contribution in [2.45, 2.75) is 38.5 Å². The van der Waals surface area contributed by atoms with Crippen LogP contribution in [0, 0.1) is 0 Å². The molecule has 6 nitrogen and oxygen atoms in total. The average molecular weight is 218 g/mol. The highest BCUT2D eigenvalue weighted by atomic mass is 15.3. The number of hydrogen-bond acceptors (Lipinski definition) is 4. The molecule has 0 bridgehead atoms. The molecular weight excluding hydrogens is 204 g/mol. The molecule has 0 aromatic carbocycles. The zero-order valence-electron chi connectivity index (χ0n) is 9.03. The van der Waals surface area contributed by atoms with Crippen molar-refractivity contribution in [1.29, 1.82) is 0 Å². The van der Waals surface area contributed by atoms with Crippen LogP contribution < -0.4 is 0 Å². The molecule has 0 aliphatic heterocycles. The number of aryl methyl sites for hydroxylation is 4. The summed E-state index contributed by atoms with van der Waals surface area (Å²) < 4.78 is 0. The van der Waals surface area contributed by atoms with Gasteiger partial charge < -0.3 is 0 Å². The first-order valence-electron chi connectivity index (χ1n) is 5.71. The van der Waals surface area contributed by atoms with E-state index in [2.05, 4.69) is 30.8 Å². The molecule has 2 aromatic rings. The molecule has 0 saturated heterocycles. The van der Waals surface area contributed by atoms with Crippen molar-refractivity contribution >= 4 is 0 Å². The standard InChI is InChI=1S/C10H14N6/c1-3-7-9(13-15-11-7)5-2-6-10-8(4-1)12-16-14-10/h1-6H2,(H,11,13,15)(H,12,14,16). The third-order valence-corrected chi connectivity index (χ3v) is 3.09. The molecule has 16 heavy (non-hydrogen) atoms. The Morgan fingerprint density at radius 1 is 0.688 bits per heavy atom. The van der Waals surface area contributed by atoms with E-state index >= 15 is 0 Å². The first-order valence-corrected chi connectivity index (χ1v) is 5.71. The summed E-state index contributed by atoms with van der Waals surface area (Å²) in [6.07, 6.45) is 6.07. The topological polar surface area (TPSA) is 83.1 Å². The Kier molecular flexibility index (Phi) is 2.40. The van der Waals surface area contributed by atoms with Gasteiger partial charge in [-0.1, -0.05) is 10.4 Å². The van der Waals surface area contributed by atoms with Crippen LogP contribution in [0.2, 0.25) is 0 Å². The molecule has 84 valence electrons. The number of hydrogen-bond donors (Lipinski definition) is 2. The van der Waals surface area contributed by atoms with E-state index in [1.807, 2.05) is 0 Å². The Labute approximate surface area is 92.8 Å². The third-order valence-electron chi connectivity index (χ3n) is 3.09. The van der Waals surface area contributed by atoms with Crippen molar-refractivity contribution in [1.82, 2.24) is 30.8 Å². The average Bonchev–Trinajstić information content (AvgIpc) is 2.89. The summed E-state index contributed by atoms with van der Waals surface area (Å²) in [6, 6.07) is 0. The second kappa shape index (κ2) is 4.03. The number of aromatic nitrogens is 6. The predicted molar refractivity (Wildman–Crippen MR) is 56.8 cm³/mol. The van der Waals surface area contributed by atoms with Gasteiger partial charge in [0.05, 0.1) is 22.8 Å². The SMILES string of the molecule is C1Cc2nn[nH]c2CCCc2nn[nH]c2C1. The van der Waals surface area contributed by atoms with Gasteiger partial charge in [0.1, 0.15) is 0 Å². The van der Waals surface area contributed by atoms with Crippen molar-refractivity contribution in [3.8, 4) is 0 Å². The smallest absolute Gasteiger partial charge is 0.0856 e. The van der Waals surface area contributed by atoms with Crippen LogP contribution in [0.3, 0.4) is 0 Å². The van der Waals surface area contributed by atoms with Crippen LogP contribution in [0.15, 0.2) is 0 Å². The minimum atomic E-state index is 0.976. The van der Waals surface area contributed by atoms with Crippen molar-refractivity contribution < 1.29 is 0 Å². The fourth-order valence-electron chi connectivity index (χ4n) is 2.21. The van der Waals surface area contributed by atoms with E-state index < -0.39 is 0 Å². The van der Waals surface area contributed by atoms with Gasteiger partial charge in [-0.2, -0.15) is 0 Å². The van der Waals surface area contributed by atoms with Gasteiger partial charge in [0.2, 0.25) is 0 Å². The Balaban J connectivity index is 1.82. The van der Waals surface area contributed by atoms with Crippen LogP contribution in [-0.2, 0) is 25.7 Å². The lowest BCUT2D eigenvalue weighted by Gasteiger charge is -2.05. The highest BCUT2D eigenvalue weighted by Gasteiger charge is 2.13. The molecule has 0 atom stereocenters. The molecule has 3 rings (SSSR count). The normalized spacial score (nSPS) is 16.5. The largest absolute Gasteiger partial charge is 0.262 e. The second-order valence-corrected chi connectivity index (χ2v) is 4.18. The summed E-state index contributed by atoms with van der Waals surface area (Å²) in [5.41, 5.74) is 4.62. The molecule has 2 heterocycles. The number of fused-ring (bicyclic) bond motifs is 2. The van der Waals surface area contributed by atoms with Gasteiger partial charge in [0, 0.05) is 0 Å². The Bertz CT molecular complexity index is 390. The monoisotopic (exact) mass is 218 g/mol. The number of nitrogens with one attached hydrogen (secondary N) is 2. The molecule has 0 spiro atoms. The first kappa shape index (κ1) is 9.50. The van der Waals surface area contributed by atoms with Gasteiger partial charge in [0.15, 0.2) is 0 Å². The maximum absolute atomic E-state index is 4.13. The molecule has 0 unspecified atom stereocenters. The lowest BCUT2D eigenvalue weighted by molar-refractivity contribution is 0.716. The van der Waals surface area contributed by atoms with Crippen LogP contribution in [0.5, 0.6) is 0 Å². The lowest BCUT2D eigenvalue weighted by atomic mass is 10.0. The Hall–Kier alpha value is -1.72. The third kappa shape index (κ3) is 1.70. The maximum atomic E-state index is 4.13. The Morgan fingerprint density at radius 3 is 1.69 bits per heavy atom. The fourth-order valence-corrected chi connectivity index (χ4v) is 2.21. The second-order valence-electron chi connectivity index (χ2n) is 4.18. The summed E-state index contributed by atoms with van der Waals surface area (Å²) >= 11 is 0. The first-order chi connectivity index (χ1) is 7.93. The van der Waals surface area contributed by atoms with Crippen LogP contribution in [0.4, 0.5) is 0 Å². The quantitative estimate of drug-likeness (QED) is 0.677. The predicted octanol–water partition coefficient (Wildman–Crippen LogP) is 0.587. The lowest BCUT2D eigenvalue weighted by Crippen LogP contribution is -2.02. The van der Waals surface area contributed by atoms with Crippen LogP contribution in [0.25, 0.3) is 0 Å². The van der Waals surface area contributed by atoms with Crippen LogP contribution >= 0.6 is 0 Å². The molecular formula is C10H14N6. The molecule has 0 amide bonds. The van der Waals surface area contributed by atoms with Gasteiger partial charge in [-0.3, -0.25) is 10.2 Å². The van der Waals surface area contributed by atoms with Gasteiger partial charge in [-0.05, 0) is 38.5 Å². The number of H-pyrrole nitrogens is 2. The van der Waals surface area contributed by atoms with Crippen molar-refractivity contribution in [3.05, 3.63) is 22.8 Å². The van der Waals surface area contributed by atoms with E-state index in [9.17, 15) is 0 Å². The van der Waals surface area contributed by atoms with E-state index in [0.717, 1.165) is 49.9 Å². The van der Waals surface area contributed by atoms with E-state index in [1.54, 1.807) is 0 Å². The number of aromatic amines is 2. The van der Waals surface area contributed by atoms with Gasteiger partial charge >= 0.3 is 0 Å². The van der Waals surface area contributed by atoms with Gasteiger partial charge in [-0.15, -0.1) is 10.2 Å². The Morgan fingerprint density at radius 2 is 1.19 bits per heavy atom. The molecule has 0 radical (unpaired) electrons. The summed E-state index contributed by atoms with van der Waals surface area (Å²) in [4.78, 5) is 0. The summed E-state index contributed by atoms with van der Waals surface area (Å²) in [5.74, 6) is 0.